The van der Waals surface area contributed by atoms with Crippen LogP contribution in [0.3, 0.4) is 0 Å². The van der Waals surface area contributed by atoms with Crippen LogP contribution in [0.4, 0.5) is 0 Å². The molecule has 0 saturated heterocycles. The summed E-state index contributed by atoms with van der Waals surface area (Å²) in [6.07, 6.45) is 11.2. The van der Waals surface area contributed by atoms with Crippen LogP contribution in [-0.2, 0) is 4.79 Å². The van der Waals surface area contributed by atoms with Gasteiger partial charge in [-0.15, -0.1) is 0 Å². The Morgan fingerprint density at radius 2 is 1.61 bits per heavy atom. The zero-order chi connectivity index (χ0) is 13.8. The molecule has 108 valence electrons. The van der Waals surface area contributed by atoms with Gasteiger partial charge in [-0.1, -0.05) is 58.8 Å². The number of hydrogen-bond acceptors (Lipinski definition) is 2. The molecule has 3 nitrogen and oxygen atoms in total. The second-order valence-corrected chi connectivity index (χ2v) is 5.31. The average molecular weight is 257 g/mol. The number of nitrogens with zero attached hydrogens (tertiary/aromatic N) is 1. The van der Waals surface area contributed by atoms with E-state index in [1.807, 2.05) is 11.9 Å². The molecule has 1 atom stereocenters. The lowest BCUT2D eigenvalue weighted by Gasteiger charge is -2.26. The van der Waals surface area contributed by atoms with Crippen molar-refractivity contribution < 1.29 is 9.90 Å². The second kappa shape index (κ2) is 11.5. The van der Waals surface area contributed by atoms with Crippen molar-refractivity contribution in [3.8, 4) is 0 Å². The zero-order valence-corrected chi connectivity index (χ0v) is 12.5. The minimum absolute atomic E-state index is 0.167. The van der Waals surface area contributed by atoms with E-state index >= 15 is 0 Å². The minimum atomic E-state index is -0.721. The quantitative estimate of drug-likeness (QED) is 0.539. The number of aliphatic carboxylic acids is 1. The van der Waals surface area contributed by atoms with Crippen LogP contribution in [0.2, 0.25) is 0 Å². The molecule has 0 saturated carbocycles. The summed E-state index contributed by atoms with van der Waals surface area (Å²) < 4.78 is 0. The SMILES string of the molecule is CCCCCCCCC(CCC)N(C)CC(=O)O. The molecule has 0 amide bonds. The maximum atomic E-state index is 10.7. The first kappa shape index (κ1) is 17.4. The van der Waals surface area contributed by atoms with Gasteiger partial charge in [0, 0.05) is 6.04 Å². The molecular formula is C15H31NO2. The van der Waals surface area contributed by atoms with Crippen molar-refractivity contribution in [1.29, 1.82) is 0 Å². The molecule has 0 bridgehead atoms. The molecule has 0 aromatic heterocycles. The highest BCUT2D eigenvalue weighted by Crippen LogP contribution is 2.15. The van der Waals surface area contributed by atoms with E-state index in [9.17, 15) is 4.79 Å². The average Bonchev–Trinajstić information content (AvgIpc) is 2.31. The molecule has 0 rings (SSSR count). The molecule has 0 radical (unpaired) electrons. The van der Waals surface area contributed by atoms with Crippen molar-refractivity contribution in [1.82, 2.24) is 4.90 Å². The largest absolute Gasteiger partial charge is 0.480 e. The highest BCUT2D eigenvalue weighted by atomic mass is 16.4. The predicted octanol–water partition coefficient (Wildman–Crippen LogP) is 3.92. The summed E-state index contributed by atoms with van der Waals surface area (Å²) in [6, 6.07) is 0.442. The number of carboxylic acids is 1. The van der Waals surface area contributed by atoms with E-state index in [4.69, 9.17) is 5.11 Å². The van der Waals surface area contributed by atoms with E-state index < -0.39 is 5.97 Å². The fourth-order valence-electron chi connectivity index (χ4n) is 2.42. The Morgan fingerprint density at radius 1 is 1.00 bits per heavy atom. The molecule has 1 N–H and O–H groups in total. The first-order valence-electron chi connectivity index (χ1n) is 7.53. The lowest BCUT2D eigenvalue weighted by molar-refractivity contribution is -0.138. The summed E-state index contributed by atoms with van der Waals surface area (Å²) >= 11 is 0. The van der Waals surface area contributed by atoms with Crippen LogP contribution in [0.5, 0.6) is 0 Å². The van der Waals surface area contributed by atoms with Crippen LogP contribution in [0.25, 0.3) is 0 Å². The van der Waals surface area contributed by atoms with Gasteiger partial charge in [0.25, 0.3) is 0 Å². The lowest BCUT2D eigenvalue weighted by Crippen LogP contribution is -2.35. The van der Waals surface area contributed by atoms with Gasteiger partial charge >= 0.3 is 5.97 Å². The number of rotatable bonds is 12. The summed E-state index contributed by atoms with van der Waals surface area (Å²) in [4.78, 5) is 12.7. The van der Waals surface area contributed by atoms with E-state index in [2.05, 4.69) is 13.8 Å². The molecule has 0 heterocycles. The van der Waals surface area contributed by atoms with Gasteiger partial charge < -0.3 is 5.11 Å². The Morgan fingerprint density at radius 3 is 2.17 bits per heavy atom. The summed E-state index contributed by atoms with van der Waals surface area (Å²) in [5, 5.41) is 8.83. The zero-order valence-electron chi connectivity index (χ0n) is 12.5. The number of hydrogen-bond donors (Lipinski definition) is 1. The first-order valence-corrected chi connectivity index (χ1v) is 7.53. The summed E-state index contributed by atoms with van der Waals surface area (Å²) in [6.45, 7) is 4.57. The van der Waals surface area contributed by atoms with Crippen molar-refractivity contribution in [2.75, 3.05) is 13.6 Å². The van der Waals surface area contributed by atoms with Crippen molar-refractivity contribution >= 4 is 5.97 Å². The van der Waals surface area contributed by atoms with Crippen LogP contribution in [0, 0.1) is 0 Å². The third-order valence-electron chi connectivity index (χ3n) is 3.52. The van der Waals surface area contributed by atoms with Crippen molar-refractivity contribution in [2.45, 2.75) is 77.7 Å². The predicted molar refractivity (Wildman–Crippen MR) is 77.0 cm³/mol. The Balaban J connectivity index is 3.78. The van der Waals surface area contributed by atoms with Gasteiger partial charge in [0.2, 0.25) is 0 Å². The third-order valence-corrected chi connectivity index (χ3v) is 3.52. The lowest BCUT2D eigenvalue weighted by atomic mass is 10.0. The molecule has 0 aromatic rings. The van der Waals surface area contributed by atoms with E-state index in [-0.39, 0.29) is 6.54 Å². The molecule has 0 aliphatic rings. The van der Waals surface area contributed by atoms with Gasteiger partial charge in [0.15, 0.2) is 0 Å². The smallest absolute Gasteiger partial charge is 0.317 e. The van der Waals surface area contributed by atoms with Gasteiger partial charge in [-0.3, -0.25) is 9.69 Å². The van der Waals surface area contributed by atoms with E-state index in [0.29, 0.717) is 6.04 Å². The van der Waals surface area contributed by atoms with Crippen molar-refractivity contribution in [3.05, 3.63) is 0 Å². The van der Waals surface area contributed by atoms with Gasteiger partial charge in [-0.25, -0.2) is 0 Å². The fourth-order valence-corrected chi connectivity index (χ4v) is 2.42. The van der Waals surface area contributed by atoms with Crippen molar-refractivity contribution in [2.24, 2.45) is 0 Å². The minimum Gasteiger partial charge on any atom is -0.480 e. The van der Waals surface area contributed by atoms with E-state index in [1.54, 1.807) is 0 Å². The highest BCUT2D eigenvalue weighted by Gasteiger charge is 2.15. The Bertz CT molecular complexity index is 207. The molecule has 0 aliphatic heterocycles. The van der Waals surface area contributed by atoms with Gasteiger partial charge in [-0.2, -0.15) is 0 Å². The molecule has 1 unspecified atom stereocenters. The van der Waals surface area contributed by atoms with Crippen LogP contribution >= 0.6 is 0 Å². The maximum absolute atomic E-state index is 10.7. The normalized spacial score (nSPS) is 12.9. The monoisotopic (exact) mass is 257 g/mol. The number of carbonyl (C=O) groups is 1. The molecule has 0 spiro atoms. The number of likely N-dealkylation sites (N-methyl/N-ethyl adjacent to an activating group) is 1. The van der Waals surface area contributed by atoms with Gasteiger partial charge in [0.05, 0.1) is 6.54 Å². The summed E-state index contributed by atoms with van der Waals surface area (Å²) in [5.41, 5.74) is 0. The number of unbranched alkanes of at least 4 members (excludes halogenated alkanes) is 5. The van der Waals surface area contributed by atoms with Crippen LogP contribution in [0.15, 0.2) is 0 Å². The van der Waals surface area contributed by atoms with Gasteiger partial charge in [-0.05, 0) is 19.9 Å². The molecule has 18 heavy (non-hydrogen) atoms. The highest BCUT2D eigenvalue weighted by molar-refractivity contribution is 5.69. The Kier molecular flexibility index (Phi) is 11.2. The summed E-state index contributed by atoms with van der Waals surface area (Å²) in [5.74, 6) is -0.721. The fraction of sp³-hybridized carbons (Fsp3) is 0.933. The first-order chi connectivity index (χ1) is 8.61. The Hall–Kier alpha value is -0.570. The standard InChI is InChI=1S/C15H31NO2/c1-4-6-7-8-9-10-12-14(11-5-2)16(3)13-15(17)18/h14H,4-13H2,1-3H3,(H,17,18). The second-order valence-electron chi connectivity index (χ2n) is 5.31. The van der Waals surface area contributed by atoms with E-state index in [1.165, 1.54) is 38.5 Å². The molecule has 0 aliphatic carbocycles. The maximum Gasteiger partial charge on any atom is 0.317 e. The Labute approximate surface area is 113 Å². The van der Waals surface area contributed by atoms with Crippen LogP contribution < -0.4 is 0 Å². The summed E-state index contributed by atoms with van der Waals surface area (Å²) in [7, 11) is 1.94. The van der Waals surface area contributed by atoms with E-state index in [0.717, 1.165) is 19.3 Å². The molecule has 0 aromatic carbocycles. The number of carboxylic acid groups (broad SMARTS) is 1. The topological polar surface area (TPSA) is 40.5 Å². The molecule has 3 heteroatoms. The van der Waals surface area contributed by atoms with Crippen LogP contribution in [-0.4, -0.2) is 35.6 Å². The van der Waals surface area contributed by atoms with Crippen LogP contribution in [0.1, 0.15) is 71.6 Å². The van der Waals surface area contributed by atoms with Crippen molar-refractivity contribution in [3.63, 3.8) is 0 Å². The van der Waals surface area contributed by atoms with Gasteiger partial charge in [0.1, 0.15) is 0 Å². The molecular weight excluding hydrogens is 226 g/mol. The third kappa shape index (κ3) is 9.46. The molecule has 0 fully saturated rings.